The van der Waals surface area contributed by atoms with E-state index in [9.17, 15) is 25.3 Å². The molecule has 8 nitrogen and oxygen atoms in total. The number of nitro benzene ring substituents is 2. The number of aliphatic imine (C=N–C) groups is 1. The fourth-order valence-corrected chi connectivity index (χ4v) is 1.55. The van der Waals surface area contributed by atoms with Gasteiger partial charge in [-0.15, -0.1) is 0 Å². The van der Waals surface area contributed by atoms with Gasteiger partial charge in [0, 0.05) is 30.5 Å². The molecule has 0 saturated heterocycles. The van der Waals surface area contributed by atoms with Crippen LogP contribution in [0.2, 0.25) is 0 Å². The maximum Gasteiger partial charge on any atom is 0.271 e. The Kier molecular flexibility index (Phi) is 3.89. The van der Waals surface area contributed by atoms with Gasteiger partial charge in [0.15, 0.2) is 0 Å². The third-order valence-electron chi connectivity index (χ3n) is 2.63. The van der Waals surface area contributed by atoms with Gasteiger partial charge in [0.1, 0.15) is 11.4 Å². The molecule has 2 rings (SSSR count). The molecular formula is C13H9N3O5. The summed E-state index contributed by atoms with van der Waals surface area (Å²) in [6.07, 6.45) is 1.35. The van der Waals surface area contributed by atoms with Crippen molar-refractivity contribution < 1.29 is 15.0 Å². The van der Waals surface area contributed by atoms with Crippen LogP contribution >= 0.6 is 0 Å². The molecular weight excluding hydrogens is 278 g/mol. The van der Waals surface area contributed by atoms with E-state index < -0.39 is 9.85 Å². The van der Waals surface area contributed by atoms with Crippen LogP contribution in [-0.4, -0.2) is 21.2 Å². The van der Waals surface area contributed by atoms with Crippen LogP contribution in [0.3, 0.4) is 0 Å². The van der Waals surface area contributed by atoms with Crippen molar-refractivity contribution in [3.05, 3.63) is 68.3 Å². The first-order valence-corrected chi connectivity index (χ1v) is 5.73. The molecule has 0 aliphatic carbocycles. The molecule has 0 unspecified atom stereocenters. The summed E-state index contributed by atoms with van der Waals surface area (Å²) in [7, 11) is 0. The molecule has 0 saturated carbocycles. The number of rotatable bonds is 4. The average molecular weight is 287 g/mol. The summed E-state index contributed by atoms with van der Waals surface area (Å²) in [4.78, 5) is 24.0. The molecule has 0 atom stereocenters. The largest absolute Gasteiger partial charge is 0.506 e. The first-order valence-electron chi connectivity index (χ1n) is 5.73. The number of nitro groups is 2. The van der Waals surface area contributed by atoms with Gasteiger partial charge >= 0.3 is 0 Å². The standard InChI is InChI=1S/C13H9N3O5/c17-13-6-5-11(16(20)21)7-12(13)14-8-9-1-3-10(4-2-9)15(18)19/h1-8,17H. The number of benzene rings is 2. The van der Waals surface area contributed by atoms with Crippen LogP contribution in [0.25, 0.3) is 0 Å². The molecule has 0 radical (unpaired) electrons. The van der Waals surface area contributed by atoms with Gasteiger partial charge in [-0.1, -0.05) is 0 Å². The zero-order valence-electron chi connectivity index (χ0n) is 10.5. The Hall–Kier alpha value is -3.29. The van der Waals surface area contributed by atoms with Crippen molar-refractivity contribution in [3.63, 3.8) is 0 Å². The Labute approximate surface area is 118 Å². The summed E-state index contributed by atoms with van der Waals surface area (Å²) in [5.74, 6) is -0.196. The average Bonchev–Trinajstić information content (AvgIpc) is 2.46. The predicted octanol–water partition coefficient (Wildman–Crippen LogP) is 2.96. The molecule has 0 bridgehead atoms. The van der Waals surface area contributed by atoms with E-state index in [2.05, 4.69) is 4.99 Å². The monoisotopic (exact) mass is 287 g/mol. The molecule has 21 heavy (non-hydrogen) atoms. The maximum absolute atomic E-state index is 10.6. The summed E-state index contributed by atoms with van der Waals surface area (Å²) < 4.78 is 0. The first kappa shape index (κ1) is 14.1. The van der Waals surface area contributed by atoms with Crippen LogP contribution in [0.15, 0.2) is 47.5 Å². The Bertz CT molecular complexity index is 725. The van der Waals surface area contributed by atoms with Gasteiger partial charge in [-0.05, 0) is 23.8 Å². The Morgan fingerprint density at radius 3 is 2.10 bits per heavy atom. The lowest BCUT2D eigenvalue weighted by molar-refractivity contribution is -0.385. The Morgan fingerprint density at radius 1 is 0.952 bits per heavy atom. The van der Waals surface area contributed by atoms with Crippen LogP contribution in [0.1, 0.15) is 5.56 Å². The second-order valence-corrected chi connectivity index (χ2v) is 4.04. The molecule has 2 aromatic carbocycles. The summed E-state index contributed by atoms with van der Waals surface area (Å²) in [5, 5.41) is 30.7. The van der Waals surface area contributed by atoms with E-state index in [0.29, 0.717) is 5.56 Å². The number of phenols is 1. The van der Waals surface area contributed by atoms with Crippen molar-refractivity contribution in [2.24, 2.45) is 4.99 Å². The summed E-state index contributed by atoms with van der Waals surface area (Å²) in [5.41, 5.74) is 0.364. The first-order chi connectivity index (χ1) is 9.97. The minimum absolute atomic E-state index is 0.0440. The molecule has 0 fully saturated rings. The van der Waals surface area contributed by atoms with Gasteiger partial charge in [0.2, 0.25) is 0 Å². The van der Waals surface area contributed by atoms with Crippen molar-refractivity contribution in [1.82, 2.24) is 0 Å². The lowest BCUT2D eigenvalue weighted by atomic mass is 10.2. The van der Waals surface area contributed by atoms with Crippen molar-refractivity contribution in [2.45, 2.75) is 0 Å². The van der Waals surface area contributed by atoms with Crippen molar-refractivity contribution in [2.75, 3.05) is 0 Å². The highest BCUT2D eigenvalue weighted by Crippen LogP contribution is 2.30. The van der Waals surface area contributed by atoms with Gasteiger partial charge in [0.25, 0.3) is 11.4 Å². The molecule has 106 valence electrons. The fourth-order valence-electron chi connectivity index (χ4n) is 1.55. The molecule has 0 amide bonds. The summed E-state index contributed by atoms with van der Waals surface area (Å²) in [6, 6.07) is 9.08. The smallest absolute Gasteiger partial charge is 0.271 e. The van der Waals surface area contributed by atoms with Gasteiger partial charge in [-0.3, -0.25) is 25.2 Å². The zero-order valence-corrected chi connectivity index (χ0v) is 10.5. The quantitative estimate of drug-likeness (QED) is 0.526. The lowest BCUT2D eigenvalue weighted by Crippen LogP contribution is -1.88. The van der Waals surface area contributed by atoms with Crippen LogP contribution in [0.5, 0.6) is 5.75 Å². The molecule has 0 spiro atoms. The van der Waals surface area contributed by atoms with Crippen molar-refractivity contribution in [3.8, 4) is 5.75 Å². The fraction of sp³-hybridized carbons (Fsp3) is 0. The second-order valence-electron chi connectivity index (χ2n) is 4.04. The van der Waals surface area contributed by atoms with E-state index in [4.69, 9.17) is 0 Å². The minimum atomic E-state index is -0.593. The predicted molar refractivity (Wildman–Crippen MR) is 75.1 cm³/mol. The summed E-state index contributed by atoms with van der Waals surface area (Å²) in [6.45, 7) is 0. The maximum atomic E-state index is 10.6. The highest BCUT2D eigenvalue weighted by Gasteiger charge is 2.09. The zero-order chi connectivity index (χ0) is 15.4. The van der Waals surface area contributed by atoms with Gasteiger partial charge in [-0.25, -0.2) is 0 Å². The van der Waals surface area contributed by atoms with E-state index in [-0.39, 0.29) is 22.8 Å². The van der Waals surface area contributed by atoms with Crippen LogP contribution in [0, 0.1) is 20.2 Å². The molecule has 0 aliphatic rings. The summed E-state index contributed by atoms with van der Waals surface area (Å²) >= 11 is 0. The van der Waals surface area contributed by atoms with Gasteiger partial charge in [-0.2, -0.15) is 0 Å². The number of hydrogen-bond donors (Lipinski definition) is 1. The van der Waals surface area contributed by atoms with E-state index in [1.54, 1.807) is 0 Å². The van der Waals surface area contributed by atoms with Crippen LogP contribution in [-0.2, 0) is 0 Å². The molecule has 8 heteroatoms. The molecule has 1 N–H and O–H groups in total. The minimum Gasteiger partial charge on any atom is -0.506 e. The van der Waals surface area contributed by atoms with Gasteiger partial charge in [0.05, 0.1) is 9.85 Å². The van der Waals surface area contributed by atoms with Crippen molar-refractivity contribution in [1.29, 1.82) is 0 Å². The topological polar surface area (TPSA) is 119 Å². The SMILES string of the molecule is O=[N+]([O-])c1ccc(C=Nc2cc([N+](=O)[O-])ccc2O)cc1. The number of phenolic OH excluding ortho intramolecular Hbond substituents is 1. The van der Waals surface area contributed by atoms with Crippen LogP contribution in [0.4, 0.5) is 17.1 Å². The van der Waals surface area contributed by atoms with Gasteiger partial charge < -0.3 is 5.11 Å². The van der Waals surface area contributed by atoms with E-state index in [1.165, 1.54) is 42.6 Å². The molecule has 0 aliphatic heterocycles. The van der Waals surface area contributed by atoms with E-state index >= 15 is 0 Å². The second kappa shape index (κ2) is 5.78. The lowest BCUT2D eigenvalue weighted by Gasteiger charge is -1.99. The third-order valence-corrected chi connectivity index (χ3v) is 2.63. The van der Waals surface area contributed by atoms with E-state index in [1.807, 2.05) is 0 Å². The number of nitrogens with zero attached hydrogens (tertiary/aromatic N) is 3. The normalized spacial score (nSPS) is 10.7. The van der Waals surface area contributed by atoms with E-state index in [0.717, 1.165) is 6.07 Å². The highest BCUT2D eigenvalue weighted by atomic mass is 16.6. The van der Waals surface area contributed by atoms with Crippen molar-refractivity contribution >= 4 is 23.3 Å². The molecule has 2 aromatic rings. The number of non-ortho nitro benzene ring substituents is 2. The molecule has 0 heterocycles. The highest BCUT2D eigenvalue weighted by molar-refractivity contribution is 5.83. The van der Waals surface area contributed by atoms with Crippen LogP contribution < -0.4 is 0 Å². The Morgan fingerprint density at radius 2 is 1.52 bits per heavy atom. The molecule has 0 aromatic heterocycles. The third kappa shape index (κ3) is 3.38. The number of aromatic hydroxyl groups is 1. The Balaban J connectivity index is 2.26. The number of hydrogen-bond acceptors (Lipinski definition) is 6.